The van der Waals surface area contributed by atoms with Crippen molar-refractivity contribution >= 4 is 5.91 Å². The second-order valence-corrected chi connectivity index (χ2v) is 6.13. The van der Waals surface area contributed by atoms with Crippen molar-refractivity contribution in [2.24, 2.45) is 0 Å². The predicted octanol–water partition coefficient (Wildman–Crippen LogP) is 2.73. The molecular weight excluding hydrogens is 387 g/mol. The molecule has 10 heteroatoms. The molecule has 1 N–H and O–H groups in total. The lowest BCUT2D eigenvalue weighted by atomic mass is 10.1. The monoisotopic (exact) mass is 405 g/mol. The first-order chi connectivity index (χ1) is 13.9. The van der Waals surface area contributed by atoms with Gasteiger partial charge in [0.05, 0.1) is 12.7 Å². The Hall–Kier alpha value is -3.43. The van der Waals surface area contributed by atoms with Crippen molar-refractivity contribution < 1.29 is 22.7 Å². The Morgan fingerprint density at radius 1 is 1.17 bits per heavy atom. The van der Waals surface area contributed by atoms with Gasteiger partial charge in [-0.25, -0.2) is 0 Å². The minimum absolute atomic E-state index is 0.0120. The molecule has 0 radical (unpaired) electrons. The Morgan fingerprint density at radius 2 is 1.97 bits per heavy atom. The molecule has 2 aromatic carbocycles. The van der Waals surface area contributed by atoms with Crippen molar-refractivity contribution in [3.8, 4) is 17.1 Å². The highest BCUT2D eigenvalue weighted by Gasteiger charge is 2.30. The van der Waals surface area contributed by atoms with Gasteiger partial charge in [0.15, 0.2) is 0 Å². The number of nitrogens with zero attached hydrogens (tertiary/aromatic N) is 4. The third kappa shape index (κ3) is 5.31. The molecule has 3 rings (SSSR count). The Balaban J connectivity index is 1.57. The molecule has 0 aliphatic heterocycles. The van der Waals surface area contributed by atoms with Gasteiger partial charge >= 0.3 is 6.18 Å². The van der Waals surface area contributed by atoms with Crippen LogP contribution in [0.25, 0.3) is 11.4 Å². The molecule has 0 atom stereocenters. The van der Waals surface area contributed by atoms with Crippen molar-refractivity contribution in [2.45, 2.75) is 19.1 Å². The van der Waals surface area contributed by atoms with Crippen LogP contribution in [-0.2, 0) is 23.9 Å². The second-order valence-electron chi connectivity index (χ2n) is 6.13. The van der Waals surface area contributed by atoms with E-state index in [0.29, 0.717) is 13.0 Å². The Morgan fingerprint density at radius 3 is 2.72 bits per heavy atom. The lowest BCUT2D eigenvalue weighted by molar-refractivity contribution is -0.137. The summed E-state index contributed by atoms with van der Waals surface area (Å²) in [6.45, 7) is 0.187. The first-order valence-electron chi connectivity index (χ1n) is 8.71. The molecule has 29 heavy (non-hydrogen) atoms. The number of methoxy groups -OCH3 is 1. The summed E-state index contributed by atoms with van der Waals surface area (Å²) >= 11 is 0. The number of carbonyl (C=O) groups excluding carboxylic acids is 1. The predicted molar refractivity (Wildman–Crippen MR) is 98.0 cm³/mol. The molecule has 0 fully saturated rings. The molecule has 0 saturated carbocycles. The van der Waals surface area contributed by atoms with Crippen LogP contribution in [0.4, 0.5) is 13.2 Å². The summed E-state index contributed by atoms with van der Waals surface area (Å²) in [4.78, 5) is 13.1. The van der Waals surface area contributed by atoms with Gasteiger partial charge in [0.1, 0.15) is 12.3 Å². The van der Waals surface area contributed by atoms with E-state index in [1.54, 1.807) is 7.11 Å². The summed E-state index contributed by atoms with van der Waals surface area (Å²) in [5.41, 5.74) is 0.323. The fourth-order valence-electron chi connectivity index (χ4n) is 2.69. The fraction of sp³-hybridized carbons (Fsp3) is 0.263. The number of aromatic nitrogens is 4. The van der Waals surface area contributed by atoms with E-state index in [-0.39, 0.29) is 23.8 Å². The van der Waals surface area contributed by atoms with Crippen LogP contribution in [0.2, 0.25) is 0 Å². The van der Waals surface area contributed by atoms with E-state index >= 15 is 0 Å². The smallest absolute Gasteiger partial charge is 0.416 e. The van der Waals surface area contributed by atoms with Crippen molar-refractivity contribution in [3.05, 3.63) is 59.7 Å². The van der Waals surface area contributed by atoms with Gasteiger partial charge in [0.25, 0.3) is 0 Å². The van der Waals surface area contributed by atoms with Crippen LogP contribution >= 0.6 is 0 Å². The number of amides is 1. The number of benzene rings is 2. The highest BCUT2D eigenvalue weighted by Crippen LogP contribution is 2.31. The number of hydrogen-bond acceptors (Lipinski definition) is 5. The minimum atomic E-state index is -4.46. The molecule has 1 heterocycles. The summed E-state index contributed by atoms with van der Waals surface area (Å²) in [5.74, 6) is 0.413. The van der Waals surface area contributed by atoms with Gasteiger partial charge in [0.2, 0.25) is 11.7 Å². The van der Waals surface area contributed by atoms with E-state index in [4.69, 9.17) is 4.74 Å². The largest absolute Gasteiger partial charge is 0.496 e. The van der Waals surface area contributed by atoms with Crippen molar-refractivity contribution in [1.29, 1.82) is 0 Å². The van der Waals surface area contributed by atoms with Crippen LogP contribution in [0.5, 0.6) is 5.75 Å². The van der Waals surface area contributed by atoms with E-state index in [0.717, 1.165) is 28.2 Å². The molecule has 0 unspecified atom stereocenters. The SMILES string of the molecule is COc1ccccc1CCNC(=O)Cn1nnc(-c2cccc(C(F)(F)F)c2)n1. The van der Waals surface area contributed by atoms with Gasteiger partial charge in [-0.2, -0.15) is 18.0 Å². The number of rotatable bonds is 7. The number of alkyl halides is 3. The summed E-state index contributed by atoms with van der Waals surface area (Å²) in [6.07, 6.45) is -3.89. The first-order valence-corrected chi connectivity index (χ1v) is 8.71. The zero-order valence-corrected chi connectivity index (χ0v) is 15.5. The van der Waals surface area contributed by atoms with Gasteiger partial charge < -0.3 is 10.1 Å². The Labute approximate surface area is 164 Å². The summed E-state index contributed by atoms with van der Waals surface area (Å²) < 4.78 is 43.7. The van der Waals surface area contributed by atoms with E-state index in [1.807, 2.05) is 24.3 Å². The van der Waals surface area contributed by atoms with E-state index in [9.17, 15) is 18.0 Å². The standard InChI is InChI=1S/C19H18F3N5O2/c1-29-16-8-3-2-5-13(16)9-10-23-17(28)12-27-25-18(24-26-27)14-6-4-7-15(11-14)19(20,21)22/h2-8,11H,9-10,12H2,1H3,(H,23,28). The lowest BCUT2D eigenvalue weighted by Gasteiger charge is -2.08. The zero-order valence-electron chi connectivity index (χ0n) is 15.5. The van der Waals surface area contributed by atoms with E-state index < -0.39 is 11.7 Å². The number of carbonyl (C=O) groups is 1. The molecule has 0 bridgehead atoms. The molecule has 0 aliphatic carbocycles. The maximum absolute atomic E-state index is 12.8. The van der Waals surface area contributed by atoms with Gasteiger partial charge in [-0.15, -0.1) is 10.2 Å². The number of para-hydroxylation sites is 1. The Bertz CT molecular complexity index is 988. The molecular formula is C19H18F3N5O2. The van der Waals surface area contributed by atoms with E-state index in [1.165, 1.54) is 12.1 Å². The zero-order chi connectivity index (χ0) is 20.9. The average molecular weight is 405 g/mol. The molecule has 7 nitrogen and oxygen atoms in total. The quantitative estimate of drug-likeness (QED) is 0.654. The van der Waals surface area contributed by atoms with Crippen LogP contribution in [0.1, 0.15) is 11.1 Å². The van der Waals surface area contributed by atoms with Crippen LogP contribution in [0, 0.1) is 0 Å². The third-order valence-corrected chi connectivity index (χ3v) is 4.09. The van der Waals surface area contributed by atoms with Crippen LogP contribution in [0.3, 0.4) is 0 Å². The van der Waals surface area contributed by atoms with Gasteiger partial charge in [0, 0.05) is 12.1 Å². The summed E-state index contributed by atoms with van der Waals surface area (Å²) in [5, 5.41) is 14.2. The molecule has 0 aliphatic rings. The topological polar surface area (TPSA) is 81.9 Å². The number of nitrogens with one attached hydrogen (secondary N) is 1. The molecule has 1 amide bonds. The fourth-order valence-corrected chi connectivity index (χ4v) is 2.69. The second kappa shape index (κ2) is 8.72. The summed E-state index contributed by atoms with van der Waals surface area (Å²) in [7, 11) is 1.58. The molecule has 0 spiro atoms. The number of tetrazole rings is 1. The highest BCUT2D eigenvalue weighted by molar-refractivity contribution is 5.75. The summed E-state index contributed by atoms with van der Waals surface area (Å²) in [6, 6.07) is 12.1. The molecule has 1 aromatic heterocycles. The van der Waals surface area contributed by atoms with Crippen LogP contribution in [-0.4, -0.2) is 39.8 Å². The number of ether oxygens (including phenoxy) is 1. The van der Waals surface area contributed by atoms with E-state index in [2.05, 4.69) is 20.7 Å². The normalized spacial score (nSPS) is 11.3. The lowest BCUT2D eigenvalue weighted by Crippen LogP contribution is -2.30. The van der Waals surface area contributed by atoms with Crippen molar-refractivity contribution in [3.63, 3.8) is 0 Å². The van der Waals surface area contributed by atoms with Gasteiger partial charge in [-0.1, -0.05) is 30.3 Å². The molecule has 0 saturated heterocycles. The maximum atomic E-state index is 12.8. The average Bonchev–Trinajstić information content (AvgIpc) is 3.16. The Kier molecular flexibility index (Phi) is 6.10. The van der Waals surface area contributed by atoms with Gasteiger partial charge in [-0.3, -0.25) is 4.79 Å². The van der Waals surface area contributed by atoms with Gasteiger partial charge in [-0.05, 0) is 35.4 Å². The third-order valence-electron chi connectivity index (χ3n) is 4.09. The number of halogens is 3. The van der Waals surface area contributed by atoms with Crippen molar-refractivity contribution in [1.82, 2.24) is 25.5 Å². The maximum Gasteiger partial charge on any atom is 0.416 e. The van der Waals surface area contributed by atoms with Crippen LogP contribution in [0.15, 0.2) is 48.5 Å². The minimum Gasteiger partial charge on any atom is -0.496 e. The molecule has 3 aromatic rings. The highest BCUT2D eigenvalue weighted by atomic mass is 19.4. The first kappa shape index (κ1) is 20.3. The molecule has 152 valence electrons. The number of hydrogen-bond donors (Lipinski definition) is 1. The van der Waals surface area contributed by atoms with Crippen LogP contribution < -0.4 is 10.1 Å². The van der Waals surface area contributed by atoms with Crippen molar-refractivity contribution in [2.75, 3.05) is 13.7 Å².